The molecule has 2 unspecified atom stereocenters. The molecule has 1 aliphatic rings. The van der Waals surface area contributed by atoms with Crippen LogP contribution < -0.4 is 5.32 Å². The Kier molecular flexibility index (Phi) is 4.40. The molecule has 0 heterocycles. The monoisotopic (exact) mass is 235 g/mol. The van der Waals surface area contributed by atoms with Crippen molar-refractivity contribution in [3.8, 4) is 0 Å². The predicted octanol–water partition coefficient (Wildman–Crippen LogP) is 2.55. The summed E-state index contributed by atoms with van der Waals surface area (Å²) in [6, 6.07) is 8.28. The number of rotatable bonds is 4. The summed E-state index contributed by atoms with van der Waals surface area (Å²) in [7, 11) is 1.78. The second-order valence-corrected chi connectivity index (χ2v) is 4.62. The number of benzene rings is 1. The van der Waals surface area contributed by atoms with E-state index in [2.05, 4.69) is 5.32 Å². The van der Waals surface area contributed by atoms with Gasteiger partial charge in [-0.15, -0.1) is 0 Å². The highest BCUT2D eigenvalue weighted by Crippen LogP contribution is 2.25. The van der Waals surface area contributed by atoms with E-state index in [9.17, 15) is 5.11 Å². The van der Waals surface area contributed by atoms with Crippen molar-refractivity contribution in [2.24, 2.45) is 0 Å². The lowest BCUT2D eigenvalue weighted by Gasteiger charge is -2.32. The Bertz CT molecular complexity index is 354. The Labute approximate surface area is 103 Å². The lowest BCUT2D eigenvalue weighted by Crippen LogP contribution is -2.38. The van der Waals surface area contributed by atoms with Gasteiger partial charge in [-0.3, -0.25) is 0 Å². The Morgan fingerprint density at radius 2 is 2.06 bits per heavy atom. The topological polar surface area (TPSA) is 41.5 Å². The number of para-hydroxylation sites is 1. The van der Waals surface area contributed by atoms with Crippen LogP contribution in [0.5, 0.6) is 0 Å². The lowest BCUT2D eigenvalue weighted by molar-refractivity contribution is 0.0605. The summed E-state index contributed by atoms with van der Waals surface area (Å²) in [5.74, 6) is 0. The normalized spacial score (nSPS) is 24.6. The van der Waals surface area contributed by atoms with E-state index in [4.69, 9.17) is 4.74 Å². The number of ether oxygens (including phenoxy) is 1. The van der Waals surface area contributed by atoms with Crippen LogP contribution in [0.2, 0.25) is 0 Å². The largest absolute Gasteiger partial charge is 0.392 e. The van der Waals surface area contributed by atoms with Gasteiger partial charge in [-0.2, -0.15) is 0 Å². The number of hydrogen-bond acceptors (Lipinski definition) is 3. The van der Waals surface area contributed by atoms with E-state index in [-0.39, 0.29) is 12.7 Å². The van der Waals surface area contributed by atoms with E-state index in [0.29, 0.717) is 6.04 Å². The van der Waals surface area contributed by atoms with Gasteiger partial charge in [-0.1, -0.05) is 31.0 Å². The molecule has 0 aromatic heterocycles. The summed E-state index contributed by atoms with van der Waals surface area (Å²) in [4.78, 5) is 0. The Morgan fingerprint density at radius 1 is 1.29 bits per heavy atom. The van der Waals surface area contributed by atoms with Crippen LogP contribution in [0.4, 0.5) is 5.69 Å². The van der Waals surface area contributed by atoms with Crippen molar-refractivity contribution in [2.45, 2.75) is 44.4 Å². The van der Waals surface area contributed by atoms with E-state index < -0.39 is 0 Å². The second kappa shape index (κ2) is 6.03. The van der Waals surface area contributed by atoms with Gasteiger partial charge >= 0.3 is 0 Å². The first-order valence-electron chi connectivity index (χ1n) is 6.33. The van der Waals surface area contributed by atoms with E-state index in [1.54, 1.807) is 7.11 Å². The van der Waals surface area contributed by atoms with Crippen LogP contribution in [0.25, 0.3) is 0 Å². The van der Waals surface area contributed by atoms with Gasteiger partial charge in [0.05, 0.1) is 18.8 Å². The predicted molar refractivity (Wildman–Crippen MR) is 69.0 cm³/mol. The van der Waals surface area contributed by atoms with Crippen molar-refractivity contribution in [3.05, 3.63) is 29.8 Å². The fraction of sp³-hybridized carbons (Fsp3) is 0.571. The van der Waals surface area contributed by atoms with Crippen LogP contribution in [-0.4, -0.2) is 24.4 Å². The summed E-state index contributed by atoms with van der Waals surface area (Å²) in [5.41, 5.74) is 1.98. The molecule has 17 heavy (non-hydrogen) atoms. The van der Waals surface area contributed by atoms with Crippen molar-refractivity contribution in [1.82, 2.24) is 0 Å². The molecular weight excluding hydrogens is 214 g/mol. The molecule has 3 nitrogen and oxygen atoms in total. The number of nitrogens with one attached hydrogen (secondary N) is 1. The molecule has 1 saturated carbocycles. The van der Waals surface area contributed by atoms with Crippen LogP contribution in [0.15, 0.2) is 24.3 Å². The van der Waals surface area contributed by atoms with Crippen molar-refractivity contribution in [1.29, 1.82) is 0 Å². The van der Waals surface area contributed by atoms with Gasteiger partial charge in [0, 0.05) is 18.4 Å². The highest BCUT2D eigenvalue weighted by molar-refractivity contribution is 5.51. The molecule has 0 aliphatic heterocycles. The van der Waals surface area contributed by atoms with Gasteiger partial charge in [-0.25, -0.2) is 0 Å². The fourth-order valence-corrected chi connectivity index (χ4v) is 2.54. The standard InChI is InChI=1S/C14H21NO2/c1-17-14-9-5-4-8-13(14)15-12-7-3-2-6-11(12)10-16/h2-3,6-7,13-16H,4-5,8-10H2,1H3. The number of methoxy groups -OCH3 is 1. The fourth-order valence-electron chi connectivity index (χ4n) is 2.54. The average Bonchev–Trinajstić information content (AvgIpc) is 2.40. The first-order valence-corrected chi connectivity index (χ1v) is 6.33. The van der Waals surface area contributed by atoms with Crippen molar-refractivity contribution < 1.29 is 9.84 Å². The van der Waals surface area contributed by atoms with Gasteiger partial charge in [0.1, 0.15) is 0 Å². The summed E-state index contributed by atoms with van der Waals surface area (Å²) in [6.07, 6.45) is 5.04. The molecular formula is C14H21NO2. The first kappa shape index (κ1) is 12.4. The summed E-state index contributed by atoms with van der Waals surface area (Å²) in [5, 5.41) is 12.8. The Balaban J connectivity index is 2.08. The molecule has 1 aromatic carbocycles. The first-order chi connectivity index (χ1) is 8.35. The highest BCUT2D eigenvalue weighted by atomic mass is 16.5. The maximum absolute atomic E-state index is 9.30. The zero-order chi connectivity index (χ0) is 12.1. The van der Waals surface area contributed by atoms with Crippen LogP contribution in [0, 0.1) is 0 Å². The Hall–Kier alpha value is -1.06. The average molecular weight is 235 g/mol. The number of aliphatic hydroxyl groups is 1. The minimum atomic E-state index is 0.0769. The van der Waals surface area contributed by atoms with E-state index in [0.717, 1.165) is 24.1 Å². The summed E-state index contributed by atoms with van der Waals surface area (Å²) < 4.78 is 5.52. The van der Waals surface area contributed by atoms with Gasteiger partial charge < -0.3 is 15.2 Å². The molecule has 2 atom stereocenters. The zero-order valence-corrected chi connectivity index (χ0v) is 10.4. The zero-order valence-electron chi connectivity index (χ0n) is 10.4. The quantitative estimate of drug-likeness (QED) is 0.842. The van der Waals surface area contributed by atoms with Crippen molar-refractivity contribution >= 4 is 5.69 Å². The van der Waals surface area contributed by atoms with Crippen LogP contribution in [-0.2, 0) is 11.3 Å². The van der Waals surface area contributed by atoms with E-state index in [1.165, 1.54) is 12.8 Å². The third-order valence-corrected chi connectivity index (χ3v) is 3.53. The molecule has 1 aromatic rings. The van der Waals surface area contributed by atoms with E-state index >= 15 is 0 Å². The Morgan fingerprint density at radius 3 is 2.82 bits per heavy atom. The number of hydrogen-bond donors (Lipinski definition) is 2. The van der Waals surface area contributed by atoms with Crippen molar-refractivity contribution in [3.63, 3.8) is 0 Å². The molecule has 1 aliphatic carbocycles. The molecule has 2 N–H and O–H groups in total. The molecule has 2 rings (SSSR count). The highest BCUT2D eigenvalue weighted by Gasteiger charge is 2.24. The van der Waals surface area contributed by atoms with Gasteiger partial charge in [0.25, 0.3) is 0 Å². The van der Waals surface area contributed by atoms with Gasteiger partial charge in [0.15, 0.2) is 0 Å². The SMILES string of the molecule is COC1CCCCC1Nc1ccccc1CO. The molecule has 0 bridgehead atoms. The van der Waals surface area contributed by atoms with Gasteiger partial charge in [-0.05, 0) is 18.9 Å². The third kappa shape index (κ3) is 2.99. The van der Waals surface area contributed by atoms with Crippen LogP contribution in [0.3, 0.4) is 0 Å². The van der Waals surface area contributed by atoms with Crippen LogP contribution >= 0.6 is 0 Å². The smallest absolute Gasteiger partial charge is 0.0772 e. The molecule has 0 amide bonds. The summed E-state index contributed by atoms with van der Waals surface area (Å²) >= 11 is 0. The summed E-state index contributed by atoms with van der Waals surface area (Å²) in [6.45, 7) is 0.0769. The maximum Gasteiger partial charge on any atom is 0.0772 e. The minimum Gasteiger partial charge on any atom is -0.392 e. The number of aliphatic hydroxyl groups excluding tert-OH is 1. The number of anilines is 1. The van der Waals surface area contributed by atoms with Crippen molar-refractivity contribution in [2.75, 3.05) is 12.4 Å². The second-order valence-electron chi connectivity index (χ2n) is 4.62. The maximum atomic E-state index is 9.30. The van der Waals surface area contributed by atoms with Crippen LogP contribution in [0.1, 0.15) is 31.2 Å². The minimum absolute atomic E-state index is 0.0769. The van der Waals surface area contributed by atoms with Gasteiger partial charge in [0.2, 0.25) is 0 Å². The molecule has 3 heteroatoms. The molecule has 1 fully saturated rings. The molecule has 0 radical (unpaired) electrons. The lowest BCUT2D eigenvalue weighted by atomic mass is 9.92. The van der Waals surface area contributed by atoms with E-state index in [1.807, 2.05) is 24.3 Å². The third-order valence-electron chi connectivity index (χ3n) is 3.53. The molecule has 94 valence electrons. The molecule has 0 spiro atoms. The molecule has 0 saturated heterocycles.